The van der Waals surface area contributed by atoms with Crippen LogP contribution in [0.3, 0.4) is 0 Å². The van der Waals surface area contributed by atoms with E-state index >= 15 is 0 Å². The highest BCUT2D eigenvalue weighted by Crippen LogP contribution is 2.50. The predicted octanol–water partition coefficient (Wildman–Crippen LogP) is 5.94. The molecule has 0 spiro atoms. The summed E-state index contributed by atoms with van der Waals surface area (Å²) < 4.78 is 0. The van der Waals surface area contributed by atoms with E-state index in [9.17, 15) is 15.0 Å². The second-order valence-corrected chi connectivity index (χ2v) is 9.08. The maximum atomic E-state index is 11.3. The largest absolute Gasteiger partial charge is 0.387 e. The molecule has 2 unspecified atom stereocenters. The van der Waals surface area contributed by atoms with Gasteiger partial charge in [-0.05, 0) is 64.5 Å². The van der Waals surface area contributed by atoms with E-state index in [1.54, 1.807) is 19.1 Å². The lowest BCUT2D eigenvalue weighted by atomic mass is 9.58. The van der Waals surface area contributed by atoms with Crippen molar-refractivity contribution < 1.29 is 15.0 Å². The van der Waals surface area contributed by atoms with Crippen LogP contribution in [0.15, 0.2) is 83.6 Å². The third-order valence-electron chi connectivity index (χ3n) is 5.89. The zero-order valence-corrected chi connectivity index (χ0v) is 19.4. The summed E-state index contributed by atoms with van der Waals surface area (Å²) in [4.78, 5) is 10.3. The molecule has 30 heavy (non-hydrogen) atoms. The van der Waals surface area contributed by atoms with E-state index in [1.807, 2.05) is 83.2 Å². The molecule has 0 amide bonds. The molecule has 3 nitrogen and oxygen atoms in total. The SMILES string of the molecule is CC(C=CC=O)=C/C=C/C=C(C)/C=C/C=C(C)/C=C/C1(O)C(C)(C)CCCC1(C)O. The maximum Gasteiger partial charge on any atom is 0.142 e. The Morgan fingerprint density at radius 3 is 1.77 bits per heavy atom. The molecule has 1 fully saturated rings. The van der Waals surface area contributed by atoms with Gasteiger partial charge in [-0.25, -0.2) is 0 Å². The van der Waals surface area contributed by atoms with Crippen LogP contribution in [0.5, 0.6) is 0 Å². The van der Waals surface area contributed by atoms with Gasteiger partial charge in [0.2, 0.25) is 0 Å². The average molecular weight is 411 g/mol. The van der Waals surface area contributed by atoms with Gasteiger partial charge in [0.25, 0.3) is 0 Å². The molecule has 0 aliphatic heterocycles. The molecule has 0 aromatic heterocycles. The van der Waals surface area contributed by atoms with Crippen LogP contribution in [0.2, 0.25) is 0 Å². The number of aldehydes is 1. The Morgan fingerprint density at radius 1 is 0.733 bits per heavy atom. The van der Waals surface area contributed by atoms with Crippen molar-refractivity contribution in [2.75, 3.05) is 0 Å². The van der Waals surface area contributed by atoms with Crippen molar-refractivity contribution in [3.05, 3.63) is 83.6 Å². The number of allylic oxidation sites excluding steroid dienone is 13. The summed E-state index contributed by atoms with van der Waals surface area (Å²) in [6.07, 6.45) is 23.9. The minimum Gasteiger partial charge on any atom is -0.387 e. The Labute approximate surface area is 182 Å². The second-order valence-electron chi connectivity index (χ2n) is 9.08. The molecule has 2 atom stereocenters. The van der Waals surface area contributed by atoms with Crippen LogP contribution < -0.4 is 0 Å². The first-order valence-electron chi connectivity index (χ1n) is 10.6. The zero-order chi connectivity index (χ0) is 22.8. The van der Waals surface area contributed by atoms with E-state index in [1.165, 1.54) is 6.08 Å². The van der Waals surface area contributed by atoms with Crippen LogP contribution in [0.4, 0.5) is 0 Å². The molecular formula is C27H38O3. The van der Waals surface area contributed by atoms with E-state index in [2.05, 4.69) is 0 Å². The monoisotopic (exact) mass is 410 g/mol. The molecule has 0 aromatic rings. The molecule has 0 aromatic carbocycles. The summed E-state index contributed by atoms with van der Waals surface area (Å²) >= 11 is 0. The Hall–Kier alpha value is -2.23. The predicted molar refractivity (Wildman–Crippen MR) is 127 cm³/mol. The van der Waals surface area contributed by atoms with Crippen molar-refractivity contribution in [3.63, 3.8) is 0 Å². The van der Waals surface area contributed by atoms with Crippen molar-refractivity contribution in [2.45, 2.75) is 72.0 Å². The fourth-order valence-corrected chi connectivity index (χ4v) is 3.77. The molecular weight excluding hydrogens is 372 g/mol. The summed E-state index contributed by atoms with van der Waals surface area (Å²) in [5.41, 5.74) is 0.326. The van der Waals surface area contributed by atoms with Gasteiger partial charge < -0.3 is 10.2 Å². The number of rotatable bonds is 8. The smallest absolute Gasteiger partial charge is 0.142 e. The molecule has 164 valence electrons. The van der Waals surface area contributed by atoms with Crippen LogP contribution in [0.1, 0.15) is 60.8 Å². The third kappa shape index (κ3) is 7.23. The van der Waals surface area contributed by atoms with Crippen LogP contribution in [0.25, 0.3) is 0 Å². The van der Waals surface area contributed by atoms with Crippen molar-refractivity contribution in [2.24, 2.45) is 5.41 Å². The van der Waals surface area contributed by atoms with Gasteiger partial charge in [0.1, 0.15) is 11.9 Å². The molecule has 1 rings (SSSR count). The normalized spacial score (nSPS) is 29.0. The standard InChI is InChI=1S/C27H38O3/c1-22(12-7-8-13-23(2)16-10-21-28)14-9-15-24(3)17-20-27(30)25(4,5)18-11-19-26(27,6)29/h7-10,12-17,20-21,29-30H,11,18-19H2,1-6H3/b8-7+,14-9+,16-10?,20-17+,22-12+,23-13?,24-15+. The van der Waals surface area contributed by atoms with E-state index < -0.39 is 11.2 Å². The van der Waals surface area contributed by atoms with E-state index in [0.717, 1.165) is 35.8 Å². The fraction of sp³-hybridized carbons (Fsp3) is 0.444. The summed E-state index contributed by atoms with van der Waals surface area (Å²) in [5.74, 6) is 0. The van der Waals surface area contributed by atoms with E-state index in [4.69, 9.17) is 0 Å². The summed E-state index contributed by atoms with van der Waals surface area (Å²) in [6.45, 7) is 11.7. The lowest BCUT2D eigenvalue weighted by Gasteiger charge is -2.53. The highest BCUT2D eigenvalue weighted by molar-refractivity contribution is 5.65. The van der Waals surface area contributed by atoms with Gasteiger partial charge in [0.05, 0.1) is 5.60 Å². The number of carbonyl (C=O) groups is 1. The fourth-order valence-electron chi connectivity index (χ4n) is 3.77. The van der Waals surface area contributed by atoms with Gasteiger partial charge in [-0.2, -0.15) is 0 Å². The first-order valence-corrected chi connectivity index (χ1v) is 10.6. The highest BCUT2D eigenvalue weighted by atomic mass is 16.4. The molecule has 1 aliphatic carbocycles. The lowest BCUT2D eigenvalue weighted by molar-refractivity contribution is -0.194. The van der Waals surface area contributed by atoms with Crippen LogP contribution in [0, 0.1) is 5.41 Å². The van der Waals surface area contributed by atoms with Gasteiger partial charge >= 0.3 is 0 Å². The Kier molecular flexibility index (Phi) is 9.67. The molecule has 1 aliphatic rings. The minimum atomic E-state index is -1.26. The Balaban J connectivity index is 2.79. The summed E-state index contributed by atoms with van der Waals surface area (Å²) in [7, 11) is 0. The Morgan fingerprint density at radius 2 is 1.23 bits per heavy atom. The van der Waals surface area contributed by atoms with Crippen molar-refractivity contribution in [1.29, 1.82) is 0 Å². The zero-order valence-electron chi connectivity index (χ0n) is 19.4. The number of carbonyl (C=O) groups excluding carboxylic acids is 1. The quantitative estimate of drug-likeness (QED) is 0.296. The van der Waals surface area contributed by atoms with Crippen LogP contribution in [-0.4, -0.2) is 27.7 Å². The number of aliphatic hydroxyl groups is 2. The van der Waals surface area contributed by atoms with Gasteiger partial charge in [-0.15, -0.1) is 0 Å². The van der Waals surface area contributed by atoms with Crippen molar-refractivity contribution >= 4 is 6.29 Å². The third-order valence-corrected chi connectivity index (χ3v) is 5.89. The maximum absolute atomic E-state index is 11.3. The molecule has 2 N–H and O–H groups in total. The summed E-state index contributed by atoms with van der Waals surface area (Å²) in [6, 6.07) is 0. The average Bonchev–Trinajstić information content (AvgIpc) is 2.66. The minimum absolute atomic E-state index is 0.386. The van der Waals surface area contributed by atoms with Crippen LogP contribution >= 0.6 is 0 Å². The van der Waals surface area contributed by atoms with E-state index in [-0.39, 0.29) is 5.41 Å². The van der Waals surface area contributed by atoms with Gasteiger partial charge in [-0.3, -0.25) is 4.79 Å². The lowest BCUT2D eigenvalue weighted by Crippen LogP contribution is -2.62. The van der Waals surface area contributed by atoms with Crippen LogP contribution in [-0.2, 0) is 4.79 Å². The molecule has 3 heteroatoms. The number of hydrogen-bond acceptors (Lipinski definition) is 3. The van der Waals surface area contributed by atoms with Gasteiger partial charge in [0.15, 0.2) is 0 Å². The molecule has 0 heterocycles. The van der Waals surface area contributed by atoms with Crippen molar-refractivity contribution in [3.8, 4) is 0 Å². The first-order chi connectivity index (χ1) is 13.9. The second kappa shape index (κ2) is 11.2. The summed E-state index contributed by atoms with van der Waals surface area (Å²) in [5, 5.41) is 22.1. The number of hydrogen-bond donors (Lipinski definition) is 2. The molecule has 1 saturated carbocycles. The molecule has 0 radical (unpaired) electrons. The topological polar surface area (TPSA) is 57.5 Å². The van der Waals surface area contributed by atoms with Crippen molar-refractivity contribution in [1.82, 2.24) is 0 Å². The Bertz CT molecular complexity index is 780. The van der Waals surface area contributed by atoms with Gasteiger partial charge in [-0.1, -0.05) is 85.3 Å². The molecule has 0 saturated heterocycles. The highest BCUT2D eigenvalue weighted by Gasteiger charge is 2.56. The van der Waals surface area contributed by atoms with Gasteiger partial charge in [0, 0.05) is 0 Å². The molecule has 0 bridgehead atoms. The van der Waals surface area contributed by atoms with E-state index in [0.29, 0.717) is 6.42 Å². The first kappa shape index (κ1) is 25.8.